The fraction of sp³-hybridized carbons (Fsp3) is 0.611. The standard InChI is InChI=1S/C18H27NO4/c1-21-17(22-2)16(15-11-7-4-8-12-15)19-18(20)23-13-14-9-5-3-6-10-14/h3,5-6,9-10,15-17H,4,7-8,11-13H2,1-2H3,(H,19,20). The molecule has 2 rings (SSSR count). The van der Waals surface area contributed by atoms with E-state index in [0.29, 0.717) is 5.92 Å². The quantitative estimate of drug-likeness (QED) is 0.781. The summed E-state index contributed by atoms with van der Waals surface area (Å²) in [6, 6.07) is 9.46. The Balaban J connectivity index is 1.91. The maximum absolute atomic E-state index is 12.2. The van der Waals surface area contributed by atoms with Gasteiger partial charge in [0.15, 0.2) is 6.29 Å². The minimum atomic E-state index is -0.456. The molecule has 1 atom stereocenters. The Labute approximate surface area is 138 Å². The van der Waals surface area contributed by atoms with Crippen molar-refractivity contribution in [2.45, 2.75) is 51.0 Å². The summed E-state index contributed by atoms with van der Waals surface area (Å²) in [5, 5.41) is 2.95. The van der Waals surface area contributed by atoms with Crippen molar-refractivity contribution in [3.8, 4) is 0 Å². The normalized spacial score (nSPS) is 17.0. The summed E-state index contributed by atoms with van der Waals surface area (Å²) < 4.78 is 16.1. The molecule has 1 N–H and O–H groups in total. The first-order valence-corrected chi connectivity index (χ1v) is 8.27. The smallest absolute Gasteiger partial charge is 0.407 e. The van der Waals surface area contributed by atoms with E-state index in [9.17, 15) is 4.79 Å². The second-order valence-corrected chi connectivity index (χ2v) is 5.97. The van der Waals surface area contributed by atoms with E-state index in [2.05, 4.69) is 5.32 Å². The number of alkyl carbamates (subject to hydrolysis) is 1. The van der Waals surface area contributed by atoms with Crippen LogP contribution in [0.5, 0.6) is 0 Å². The Kier molecular flexibility index (Phi) is 7.36. The summed E-state index contributed by atoms with van der Waals surface area (Å²) in [6.45, 7) is 0.259. The third-order valence-corrected chi connectivity index (χ3v) is 4.41. The molecule has 1 unspecified atom stereocenters. The molecule has 0 saturated heterocycles. The van der Waals surface area contributed by atoms with Gasteiger partial charge in [-0.1, -0.05) is 49.6 Å². The molecule has 23 heavy (non-hydrogen) atoms. The van der Waals surface area contributed by atoms with Gasteiger partial charge in [0.25, 0.3) is 0 Å². The van der Waals surface area contributed by atoms with Crippen molar-refractivity contribution in [1.29, 1.82) is 0 Å². The highest BCUT2D eigenvalue weighted by Gasteiger charge is 2.32. The zero-order valence-corrected chi connectivity index (χ0v) is 14.0. The molecule has 0 bridgehead atoms. The Morgan fingerprint density at radius 3 is 2.39 bits per heavy atom. The molecule has 128 valence electrons. The van der Waals surface area contributed by atoms with Gasteiger partial charge in [0.1, 0.15) is 6.61 Å². The van der Waals surface area contributed by atoms with Gasteiger partial charge in [-0.2, -0.15) is 0 Å². The van der Waals surface area contributed by atoms with E-state index in [0.717, 1.165) is 18.4 Å². The first-order valence-electron chi connectivity index (χ1n) is 8.27. The average molecular weight is 321 g/mol. The zero-order chi connectivity index (χ0) is 16.5. The highest BCUT2D eigenvalue weighted by Crippen LogP contribution is 2.28. The van der Waals surface area contributed by atoms with Crippen molar-refractivity contribution in [3.05, 3.63) is 35.9 Å². The molecule has 1 aliphatic carbocycles. The van der Waals surface area contributed by atoms with Gasteiger partial charge >= 0.3 is 6.09 Å². The Morgan fingerprint density at radius 1 is 1.13 bits per heavy atom. The minimum absolute atomic E-state index is 0.187. The molecule has 0 radical (unpaired) electrons. The summed E-state index contributed by atoms with van der Waals surface area (Å²) >= 11 is 0. The van der Waals surface area contributed by atoms with E-state index in [4.69, 9.17) is 14.2 Å². The molecule has 1 aliphatic rings. The molecule has 0 aliphatic heterocycles. The van der Waals surface area contributed by atoms with E-state index >= 15 is 0 Å². The average Bonchev–Trinajstić information content (AvgIpc) is 2.62. The van der Waals surface area contributed by atoms with Gasteiger partial charge in [-0.05, 0) is 24.3 Å². The van der Waals surface area contributed by atoms with E-state index in [1.807, 2.05) is 30.3 Å². The summed E-state index contributed by atoms with van der Waals surface area (Å²) in [5.74, 6) is 0.359. The molecular weight excluding hydrogens is 294 g/mol. The highest BCUT2D eigenvalue weighted by atomic mass is 16.7. The summed E-state index contributed by atoms with van der Waals surface area (Å²) in [7, 11) is 3.20. The van der Waals surface area contributed by atoms with Crippen molar-refractivity contribution in [2.24, 2.45) is 5.92 Å². The van der Waals surface area contributed by atoms with E-state index < -0.39 is 12.4 Å². The number of methoxy groups -OCH3 is 2. The van der Waals surface area contributed by atoms with Crippen LogP contribution in [0.4, 0.5) is 4.79 Å². The van der Waals surface area contributed by atoms with Gasteiger partial charge in [0, 0.05) is 14.2 Å². The van der Waals surface area contributed by atoms with E-state index in [-0.39, 0.29) is 12.6 Å². The van der Waals surface area contributed by atoms with Gasteiger partial charge in [-0.15, -0.1) is 0 Å². The lowest BCUT2D eigenvalue weighted by atomic mass is 9.83. The number of benzene rings is 1. The van der Waals surface area contributed by atoms with Crippen LogP contribution in [-0.2, 0) is 20.8 Å². The van der Waals surface area contributed by atoms with Crippen molar-refractivity contribution >= 4 is 6.09 Å². The second kappa shape index (κ2) is 9.53. The number of ether oxygens (including phenoxy) is 3. The number of carbonyl (C=O) groups is 1. The van der Waals surface area contributed by atoms with Crippen LogP contribution < -0.4 is 5.32 Å². The third kappa shape index (κ3) is 5.52. The lowest BCUT2D eigenvalue weighted by molar-refractivity contribution is -0.134. The summed E-state index contributed by atoms with van der Waals surface area (Å²) in [5.41, 5.74) is 0.965. The topological polar surface area (TPSA) is 56.8 Å². The lowest BCUT2D eigenvalue weighted by Crippen LogP contribution is -2.50. The Morgan fingerprint density at radius 2 is 1.78 bits per heavy atom. The first kappa shape index (κ1) is 17.8. The maximum atomic E-state index is 12.2. The Hall–Kier alpha value is -1.59. The first-order chi connectivity index (χ1) is 11.2. The molecule has 0 spiro atoms. The third-order valence-electron chi connectivity index (χ3n) is 4.41. The number of amides is 1. The van der Waals surface area contributed by atoms with Gasteiger partial charge in [-0.25, -0.2) is 4.79 Å². The summed E-state index contributed by atoms with van der Waals surface area (Å²) in [4.78, 5) is 12.2. The second-order valence-electron chi connectivity index (χ2n) is 5.97. The maximum Gasteiger partial charge on any atom is 0.407 e. The molecule has 0 heterocycles. The van der Waals surface area contributed by atoms with Crippen LogP contribution >= 0.6 is 0 Å². The van der Waals surface area contributed by atoms with E-state index in [1.54, 1.807) is 14.2 Å². The van der Waals surface area contributed by atoms with Crippen molar-refractivity contribution < 1.29 is 19.0 Å². The van der Waals surface area contributed by atoms with Crippen LogP contribution in [0.2, 0.25) is 0 Å². The van der Waals surface area contributed by atoms with Gasteiger partial charge < -0.3 is 19.5 Å². The fourth-order valence-corrected chi connectivity index (χ4v) is 3.19. The molecule has 1 aromatic carbocycles. The highest BCUT2D eigenvalue weighted by molar-refractivity contribution is 5.67. The molecule has 1 fully saturated rings. The molecule has 1 saturated carbocycles. The summed E-state index contributed by atoms with van der Waals surface area (Å²) in [6.07, 6.45) is 4.89. The van der Waals surface area contributed by atoms with Crippen molar-refractivity contribution in [2.75, 3.05) is 14.2 Å². The largest absolute Gasteiger partial charge is 0.445 e. The predicted molar refractivity (Wildman–Crippen MR) is 87.9 cm³/mol. The van der Waals surface area contributed by atoms with Crippen LogP contribution in [0.25, 0.3) is 0 Å². The number of hydrogen-bond donors (Lipinski definition) is 1. The van der Waals surface area contributed by atoms with Crippen LogP contribution in [0.15, 0.2) is 30.3 Å². The van der Waals surface area contributed by atoms with Gasteiger partial charge in [-0.3, -0.25) is 0 Å². The Bertz CT molecular complexity index is 455. The van der Waals surface area contributed by atoms with Crippen LogP contribution in [0.1, 0.15) is 37.7 Å². The van der Waals surface area contributed by atoms with Gasteiger partial charge in [0.05, 0.1) is 6.04 Å². The molecule has 1 amide bonds. The fourth-order valence-electron chi connectivity index (χ4n) is 3.19. The van der Waals surface area contributed by atoms with Crippen LogP contribution in [0.3, 0.4) is 0 Å². The SMILES string of the molecule is COC(OC)C(NC(=O)OCc1ccccc1)C1CCCCC1. The molecule has 5 nitrogen and oxygen atoms in total. The molecule has 1 aromatic rings. The molecular formula is C18H27NO4. The van der Waals surface area contributed by atoms with Crippen LogP contribution in [0, 0.1) is 5.92 Å². The van der Waals surface area contributed by atoms with E-state index in [1.165, 1.54) is 19.3 Å². The number of hydrogen-bond acceptors (Lipinski definition) is 4. The lowest BCUT2D eigenvalue weighted by Gasteiger charge is -2.34. The monoisotopic (exact) mass is 321 g/mol. The predicted octanol–water partition coefficient (Wildman–Crippen LogP) is 3.48. The van der Waals surface area contributed by atoms with Crippen molar-refractivity contribution in [1.82, 2.24) is 5.32 Å². The molecule has 0 aromatic heterocycles. The zero-order valence-electron chi connectivity index (χ0n) is 14.0. The number of rotatable bonds is 7. The molecule has 5 heteroatoms. The van der Waals surface area contributed by atoms with Gasteiger partial charge in [0.2, 0.25) is 0 Å². The minimum Gasteiger partial charge on any atom is -0.445 e. The van der Waals surface area contributed by atoms with Crippen LogP contribution in [-0.4, -0.2) is 32.6 Å². The number of carbonyl (C=O) groups excluding carboxylic acids is 1. The van der Waals surface area contributed by atoms with Crippen molar-refractivity contribution in [3.63, 3.8) is 0 Å². The number of nitrogens with one attached hydrogen (secondary N) is 1.